The van der Waals surface area contributed by atoms with Gasteiger partial charge in [0.05, 0.1) is 6.26 Å². The summed E-state index contributed by atoms with van der Waals surface area (Å²) in [6.45, 7) is 11.0. The van der Waals surface area contributed by atoms with Crippen molar-refractivity contribution in [2.45, 2.75) is 59.5 Å². The SMILES string of the molecule is C/C(=C\OC(C)(C)CCCC(C)C)c1ccccc1. The van der Waals surface area contributed by atoms with Crippen LogP contribution in [0.5, 0.6) is 0 Å². The average molecular weight is 260 g/mol. The summed E-state index contributed by atoms with van der Waals surface area (Å²) in [5, 5.41) is 0. The second kappa shape index (κ2) is 7.37. The van der Waals surface area contributed by atoms with E-state index in [9.17, 15) is 0 Å². The minimum atomic E-state index is -0.0784. The van der Waals surface area contributed by atoms with Crippen LogP contribution >= 0.6 is 0 Å². The first-order valence-electron chi connectivity index (χ1n) is 7.31. The molecule has 1 rings (SSSR count). The first-order valence-corrected chi connectivity index (χ1v) is 7.31. The van der Waals surface area contributed by atoms with E-state index in [0.29, 0.717) is 0 Å². The van der Waals surface area contributed by atoms with E-state index >= 15 is 0 Å². The van der Waals surface area contributed by atoms with E-state index in [0.717, 1.165) is 12.3 Å². The lowest BCUT2D eigenvalue weighted by atomic mass is 9.97. The van der Waals surface area contributed by atoms with Gasteiger partial charge in [0.2, 0.25) is 0 Å². The molecule has 0 saturated heterocycles. The third kappa shape index (κ3) is 6.47. The Kier molecular flexibility index (Phi) is 6.14. The van der Waals surface area contributed by atoms with Gasteiger partial charge in [0.25, 0.3) is 0 Å². The van der Waals surface area contributed by atoms with Crippen molar-refractivity contribution in [2.24, 2.45) is 5.92 Å². The largest absolute Gasteiger partial charge is 0.495 e. The zero-order chi connectivity index (χ0) is 14.3. The Morgan fingerprint density at radius 3 is 2.42 bits per heavy atom. The molecule has 0 saturated carbocycles. The van der Waals surface area contributed by atoms with Gasteiger partial charge in [0.15, 0.2) is 0 Å². The standard InChI is InChI=1S/C18H28O/c1-15(2)10-9-13-18(4,5)19-14-16(3)17-11-7-6-8-12-17/h6-8,11-12,14-15H,9-10,13H2,1-5H3/b16-14+. The van der Waals surface area contributed by atoms with E-state index in [-0.39, 0.29) is 5.60 Å². The van der Waals surface area contributed by atoms with Gasteiger partial charge in [-0.05, 0) is 50.7 Å². The van der Waals surface area contributed by atoms with Crippen LogP contribution < -0.4 is 0 Å². The maximum absolute atomic E-state index is 5.97. The lowest BCUT2D eigenvalue weighted by Gasteiger charge is -2.25. The fourth-order valence-corrected chi connectivity index (χ4v) is 2.01. The van der Waals surface area contributed by atoms with Crippen molar-refractivity contribution < 1.29 is 4.74 Å². The molecule has 0 bridgehead atoms. The topological polar surface area (TPSA) is 9.23 Å². The summed E-state index contributed by atoms with van der Waals surface area (Å²) < 4.78 is 5.97. The van der Waals surface area contributed by atoms with Gasteiger partial charge >= 0.3 is 0 Å². The van der Waals surface area contributed by atoms with Gasteiger partial charge in [-0.2, -0.15) is 0 Å². The molecule has 0 atom stereocenters. The molecular weight excluding hydrogens is 232 g/mol. The lowest BCUT2D eigenvalue weighted by Crippen LogP contribution is -2.21. The van der Waals surface area contributed by atoms with Crippen molar-refractivity contribution in [3.05, 3.63) is 42.2 Å². The van der Waals surface area contributed by atoms with Crippen LogP contribution in [0.1, 0.15) is 59.4 Å². The lowest BCUT2D eigenvalue weighted by molar-refractivity contribution is 0.0470. The fraction of sp³-hybridized carbons (Fsp3) is 0.556. The Labute approximate surface area is 118 Å². The Morgan fingerprint density at radius 2 is 1.84 bits per heavy atom. The highest BCUT2D eigenvalue weighted by Crippen LogP contribution is 2.22. The number of rotatable bonds is 7. The highest BCUT2D eigenvalue weighted by Gasteiger charge is 2.17. The quantitative estimate of drug-likeness (QED) is 0.574. The summed E-state index contributed by atoms with van der Waals surface area (Å²) in [7, 11) is 0. The summed E-state index contributed by atoms with van der Waals surface area (Å²) >= 11 is 0. The van der Waals surface area contributed by atoms with E-state index in [1.165, 1.54) is 24.0 Å². The number of allylic oxidation sites excluding steroid dienone is 1. The van der Waals surface area contributed by atoms with Crippen LogP contribution in [0.3, 0.4) is 0 Å². The van der Waals surface area contributed by atoms with E-state index in [1.807, 2.05) is 12.3 Å². The van der Waals surface area contributed by atoms with Gasteiger partial charge < -0.3 is 4.74 Å². The monoisotopic (exact) mass is 260 g/mol. The Bertz CT molecular complexity index is 387. The van der Waals surface area contributed by atoms with Crippen LogP contribution in [0.25, 0.3) is 5.57 Å². The Morgan fingerprint density at radius 1 is 1.21 bits per heavy atom. The highest BCUT2D eigenvalue weighted by molar-refractivity contribution is 5.62. The van der Waals surface area contributed by atoms with Crippen LogP contribution in [0.2, 0.25) is 0 Å². The zero-order valence-electron chi connectivity index (χ0n) is 13.1. The maximum atomic E-state index is 5.97. The van der Waals surface area contributed by atoms with Crippen LogP contribution in [0.4, 0.5) is 0 Å². The molecular formula is C18H28O. The molecule has 0 aromatic heterocycles. The van der Waals surface area contributed by atoms with E-state index in [1.54, 1.807) is 0 Å². The van der Waals surface area contributed by atoms with Gasteiger partial charge in [-0.3, -0.25) is 0 Å². The number of hydrogen-bond donors (Lipinski definition) is 0. The molecule has 0 heterocycles. The molecule has 0 radical (unpaired) electrons. The van der Waals surface area contributed by atoms with E-state index in [4.69, 9.17) is 4.74 Å². The summed E-state index contributed by atoms with van der Waals surface area (Å²) in [4.78, 5) is 0. The number of ether oxygens (including phenoxy) is 1. The highest BCUT2D eigenvalue weighted by atomic mass is 16.5. The van der Waals surface area contributed by atoms with Crippen molar-refractivity contribution in [1.29, 1.82) is 0 Å². The van der Waals surface area contributed by atoms with Gasteiger partial charge in [0, 0.05) is 0 Å². The first-order chi connectivity index (χ1) is 8.91. The van der Waals surface area contributed by atoms with E-state index < -0.39 is 0 Å². The summed E-state index contributed by atoms with van der Waals surface area (Å²) in [6, 6.07) is 10.4. The van der Waals surface area contributed by atoms with Crippen molar-refractivity contribution >= 4 is 5.57 Å². The van der Waals surface area contributed by atoms with Gasteiger partial charge in [0.1, 0.15) is 5.60 Å². The van der Waals surface area contributed by atoms with Crippen molar-refractivity contribution in [3.63, 3.8) is 0 Å². The normalized spacial score (nSPS) is 12.8. The molecule has 0 amide bonds. The van der Waals surface area contributed by atoms with E-state index in [2.05, 4.69) is 58.9 Å². The van der Waals surface area contributed by atoms with Crippen molar-refractivity contribution in [2.75, 3.05) is 0 Å². The second-order valence-corrected chi connectivity index (χ2v) is 6.33. The van der Waals surface area contributed by atoms with Crippen LogP contribution in [0.15, 0.2) is 36.6 Å². The number of hydrogen-bond acceptors (Lipinski definition) is 1. The molecule has 19 heavy (non-hydrogen) atoms. The molecule has 0 fully saturated rings. The second-order valence-electron chi connectivity index (χ2n) is 6.33. The minimum absolute atomic E-state index is 0.0784. The summed E-state index contributed by atoms with van der Waals surface area (Å²) in [5.74, 6) is 0.775. The minimum Gasteiger partial charge on any atom is -0.495 e. The molecule has 0 aliphatic carbocycles. The molecule has 1 aromatic carbocycles. The van der Waals surface area contributed by atoms with Gasteiger partial charge in [-0.25, -0.2) is 0 Å². The Balaban J connectivity index is 2.49. The smallest absolute Gasteiger partial charge is 0.103 e. The zero-order valence-corrected chi connectivity index (χ0v) is 13.1. The van der Waals surface area contributed by atoms with Gasteiger partial charge in [-0.15, -0.1) is 0 Å². The fourth-order valence-electron chi connectivity index (χ4n) is 2.01. The van der Waals surface area contributed by atoms with Crippen LogP contribution in [-0.4, -0.2) is 5.60 Å². The molecule has 0 aliphatic rings. The molecule has 1 aromatic rings. The Hall–Kier alpha value is -1.24. The predicted molar refractivity (Wildman–Crippen MR) is 83.9 cm³/mol. The third-order valence-corrected chi connectivity index (χ3v) is 3.34. The van der Waals surface area contributed by atoms with Crippen LogP contribution in [0, 0.1) is 5.92 Å². The molecule has 1 heteroatoms. The molecule has 1 nitrogen and oxygen atoms in total. The molecule has 0 spiro atoms. The molecule has 0 unspecified atom stereocenters. The van der Waals surface area contributed by atoms with Crippen molar-refractivity contribution in [3.8, 4) is 0 Å². The predicted octanol–water partition coefficient (Wildman–Crippen LogP) is 5.67. The average Bonchev–Trinajstić information content (AvgIpc) is 2.36. The molecule has 0 N–H and O–H groups in total. The number of benzene rings is 1. The maximum Gasteiger partial charge on any atom is 0.103 e. The summed E-state index contributed by atoms with van der Waals surface area (Å²) in [6.07, 6.45) is 5.51. The van der Waals surface area contributed by atoms with Crippen LogP contribution in [-0.2, 0) is 4.74 Å². The van der Waals surface area contributed by atoms with Crippen molar-refractivity contribution in [1.82, 2.24) is 0 Å². The van der Waals surface area contributed by atoms with Gasteiger partial charge in [-0.1, -0.05) is 50.6 Å². The first kappa shape index (κ1) is 15.8. The molecule has 106 valence electrons. The third-order valence-electron chi connectivity index (χ3n) is 3.34. The summed E-state index contributed by atoms with van der Waals surface area (Å²) in [5.41, 5.74) is 2.32. The molecule has 0 aliphatic heterocycles.